The molecule has 3 amide bonds. The SMILES string of the molecule is C=CCNC(=O)NC(=O)CSc1ncnc2scc(-c3ccccc3)c12. The van der Waals surface area contributed by atoms with Crippen molar-refractivity contribution in [3.8, 4) is 11.1 Å². The summed E-state index contributed by atoms with van der Waals surface area (Å²) in [7, 11) is 0. The van der Waals surface area contributed by atoms with Crippen LogP contribution < -0.4 is 10.6 Å². The molecule has 0 radical (unpaired) electrons. The second-order valence-electron chi connectivity index (χ2n) is 5.21. The summed E-state index contributed by atoms with van der Waals surface area (Å²) < 4.78 is 0. The van der Waals surface area contributed by atoms with Crippen LogP contribution in [0.3, 0.4) is 0 Å². The van der Waals surface area contributed by atoms with Crippen LogP contribution in [0.5, 0.6) is 0 Å². The third-order valence-corrected chi connectivity index (χ3v) is 5.30. The van der Waals surface area contributed by atoms with Gasteiger partial charge in [0.1, 0.15) is 16.2 Å². The van der Waals surface area contributed by atoms with Crippen molar-refractivity contribution in [2.24, 2.45) is 0 Å². The van der Waals surface area contributed by atoms with Crippen molar-refractivity contribution in [2.45, 2.75) is 5.03 Å². The third-order valence-electron chi connectivity index (χ3n) is 3.42. The number of thiophene rings is 1. The van der Waals surface area contributed by atoms with Crippen LogP contribution >= 0.6 is 23.1 Å². The fourth-order valence-corrected chi connectivity index (χ4v) is 4.09. The van der Waals surface area contributed by atoms with E-state index in [2.05, 4.69) is 27.2 Å². The van der Waals surface area contributed by atoms with Crippen molar-refractivity contribution < 1.29 is 9.59 Å². The first kappa shape index (κ1) is 18.1. The number of imide groups is 1. The number of benzene rings is 1. The molecule has 0 saturated heterocycles. The highest BCUT2D eigenvalue weighted by atomic mass is 32.2. The number of fused-ring (bicyclic) bond motifs is 1. The summed E-state index contributed by atoms with van der Waals surface area (Å²) in [6.07, 6.45) is 3.03. The number of urea groups is 1. The quantitative estimate of drug-likeness (QED) is 0.386. The number of thioether (sulfide) groups is 1. The molecule has 0 unspecified atom stereocenters. The Bertz CT molecular complexity index is 941. The Labute approximate surface area is 158 Å². The average molecular weight is 384 g/mol. The van der Waals surface area contributed by atoms with E-state index in [1.807, 2.05) is 35.7 Å². The first-order chi connectivity index (χ1) is 12.7. The number of nitrogens with one attached hydrogen (secondary N) is 2. The van der Waals surface area contributed by atoms with Gasteiger partial charge in [0, 0.05) is 17.5 Å². The van der Waals surface area contributed by atoms with E-state index < -0.39 is 6.03 Å². The van der Waals surface area contributed by atoms with E-state index in [1.54, 1.807) is 0 Å². The van der Waals surface area contributed by atoms with Crippen LogP contribution in [-0.4, -0.2) is 34.2 Å². The Hall–Kier alpha value is -2.71. The van der Waals surface area contributed by atoms with Gasteiger partial charge in [0.05, 0.1) is 11.1 Å². The smallest absolute Gasteiger partial charge is 0.321 e. The van der Waals surface area contributed by atoms with Crippen LogP contribution in [0.2, 0.25) is 0 Å². The summed E-state index contributed by atoms with van der Waals surface area (Å²) in [5, 5.41) is 8.46. The fourth-order valence-electron chi connectivity index (χ4n) is 2.29. The standard InChI is InChI=1S/C18H16N4O2S2/c1-2-8-19-18(24)22-14(23)10-26-17-15-13(12-6-4-3-5-7-12)9-25-16(15)20-11-21-17/h2-7,9,11H,1,8,10H2,(H2,19,22,23,24). The van der Waals surface area contributed by atoms with Crippen LogP contribution in [0.1, 0.15) is 0 Å². The lowest BCUT2D eigenvalue weighted by atomic mass is 10.1. The minimum absolute atomic E-state index is 0.0811. The molecule has 2 heterocycles. The summed E-state index contributed by atoms with van der Waals surface area (Å²) >= 11 is 2.82. The van der Waals surface area contributed by atoms with E-state index in [0.717, 1.165) is 26.4 Å². The van der Waals surface area contributed by atoms with E-state index in [0.29, 0.717) is 6.54 Å². The van der Waals surface area contributed by atoms with Crippen LogP contribution in [0.15, 0.2) is 59.7 Å². The average Bonchev–Trinajstić information content (AvgIpc) is 3.10. The molecule has 132 valence electrons. The van der Waals surface area contributed by atoms with Crippen molar-refractivity contribution >= 4 is 45.3 Å². The lowest BCUT2D eigenvalue weighted by molar-refractivity contribution is -0.117. The summed E-state index contributed by atoms with van der Waals surface area (Å²) in [6, 6.07) is 9.43. The minimum atomic E-state index is -0.538. The minimum Gasteiger partial charge on any atom is -0.334 e. The summed E-state index contributed by atoms with van der Waals surface area (Å²) in [5.74, 6) is -0.308. The Balaban J connectivity index is 1.76. The van der Waals surface area contributed by atoms with Gasteiger partial charge in [-0.3, -0.25) is 10.1 Å². The van der Waals surface area contributed by atoms with Gasteiger partial charge < -0.3 is 5.32 Å². The van der Waals surface area contributed by atoms with E-state index in [1.165, 1.54) is 35.5 Å². The molecule has 0 aliphatic heterocycles. The number of hydrogen-bond donors (Lipinski definition) is 2. The van der Waals surface area contributed by atoms with Crippen LogP contribution in [0.25, 0.3) is 21.3 Å². The normalized spacial score (nSPS) is 10.5. The molecule has 8 heteroatoms. The van der Waals surface area contributed by atoms with Gasteiger partial charge in [-0.25, -0.2) is 14.8 Å². The van der Waals surface area contributed by atoms with Gasteiger partial charge in [0.15, 0.2) is 0 Å². The van der Waals surface area contributed by atoms with E-state index in [4.69, 9.17) is 0 Å². The topological polar surface area (TPSA) is 84.0 Å². The van der Waals surface area contributed by atoms with Crippen LogP contribution in [0.4, 0.5) is 4.79 Å². The van der Waals surface area contributed by atoms with Gasteiger partial charge in [-0.05, 0) is 5.56 Å². The highest BCUT2D eigenvalue weighted by molar-refractivity contribution is 8.00. The zero-order valence-electron chi connectivity index (χ0n) is 13.8. The maximum Gasteiger partial charge on any atom is 0.321 e. The van der Waals surface area contributed by atoms with Crippen molar-refractivity contribution in [1.29, 1.82) is 0 Å². The number of nitrogens with zero attached hydrogens (tertiary/aromatic N) is 2. The highest BCUT2D eigenvalue weighted by Gasteiger charge is 2.15. The molecule has 0 aliphatic rings. The van der Waals surface area contributed by atoms with E-state index in [9.17, 15) is 9.59 Å². The molecule has 26 heavy (non-hydrogen) atoms. The molecule has 0 bridgehead atoms. The van der Waals surface area contributed by atoms with E-state index in [-0.39, 0.29) is 11.7 Å². The van der Waals surface area contributed by atoms with Crippen molar-refractivity contribution in [3.63, 3.8) is 0 Å². The highest BCUT2D eigenvalue weighted by Crippen LogP contribution is 2.37. The first-order valence-corrected chi connectivity index (χ1v) is 9.64. The van der Waals surface area contributed by atoms with Gasteiger partial charge in [-0.2, -0.15) is 0 Å². The maximum absolute atomic E-state index is 12.0. The van der Waals surface area contributed by atoms with Gasteiger partial charge in [-0.1, -0.05) is 48.2 Å². The molecule has 2 aromatic heterocycles. The summed E-state index contributed by atoms with van der Waals surface area (Å²) in [6.45, 7) is 3.80. The first-order valence-electron chi connectivity index (χ1n) is 7.78. The van der Waals surface area contributed by atoms with Gasteiger partial charge >= 0.3 is 6.03 Å². The molecular weight excluding hydrogens is 368 g/mol. The molecule has 3 rings (SSSR count). The van der Waals surface area contributed by atoms with Gasteiger partial charge in [0.2, 0.25) is 5.91 Å². The Morgan fingerprint density at radius 3 is 2.81 bits per heavy atom. The number of aromatic nitrogens is 2. The van der Waals surface area contributed by atoms with Crippen LogP contribution in [0, 0.1) is 0 Å². The molecule has 2 N–H and O–H groups in total. The number of carbonyl (C=O) groups excluding carboxylic acids is 2. The molecule has 0 atom stereocenters. The lowest BCUT2D eigenvalue weighted by Gasteiger charge is -2.06. The molecule has 0 spiro atoms. The van der Waals surface area contributed by atoms with Crippen molar-refractivity contribution in [3.05, 3.63) is 54.7 Å². The van der Waals surface area contributed by atoms with Gasteiger partial charge in [-0.15, -0.1) is 17.9 Å². The number of carbonyl (C=O) groups is 2. The number of amides is 3. The van der Waals surface area contributed by atoms with Crippen molar-refractivity contribution in [1.82, 2.24) is 20.6 Å². The molecule has 0 aliphatic carbocycles. The summed E-state index contributed by atoms with van der Waals surface area (Å²) in [4.78, 5) is 33.0. The zero-order chi connectivity index (χ0) is 18.4. The number of hydrogen-bond acceptors (Lipinski definition) is 6. The molecule has 6 nitrogen and oxygen atoms in total. The van der Waals surface area contributed by atoms with Gasteiger partial charge in [0.25, 0.3) is 0 Å². The van der Waals surface area contributed by atoms with E-state index >= 15 is 0 Å². The maximum atomic E-state index is 12.0. The molecule has 3 aromatic rings. The molecule has 0 saturated carbocycles. The fraction of sp³-hybridized carbons (Fsp3) is 0.111. The predicted molar refractivity (Wildman–Crippen MR) is 105 cm³/mol. The largest absolute Gasteiger partial charge is 0.334 e. The molecule has 0 fully saturated rings. The molecule has 1 aromatic carbocycles. The third kappa shape index (κ3) is 4.27. The Kier molecular flexibility index (Phi) is 5.98. The summed E-state index contributed by atoms with van der Waals surface area (Å²) in [5.41, 5.74) is 2.11. The number of rotatable bonds is 6. The predicted octanol–water partition coefficient (Wildman–Crippen LogP) is 3.46. The zero-order valence-corrected chi connectivity index (χ0v) is 15.4. The Morgan fingerprint density at radius 2 is 2.04 bits per heavy atom. The van der Waals surface area contributed by atoms with Crippen molar-refractivity contribution in [2.75, 3.05) is 12.3 Å². The van der Waals surface area contributed by atoms with Crippen LogP contribution in [-0.2, 0) is 4.79 Å². The lowest BCUT2D eigenvalue weighted by Crippen LogP contribution is -2.40. The second kappa shape index (κ2) is 8.59. The molecular formula is C18H16N4O2S2. The second-order valence-corrected chi connectivity index (χ2v) is 7.03. The monoisotopic (exact) mass is 384 g/mol. The Morgan fingerprint density at radius 1 is 1.23 bits per heavy atom.